The fourth-order valence-corrected chi connectivity index (χ4v) is 28.1. The summed E-state index contributed by atoms with van der Waals surface area (Å²) in [6, 6.07) is 147. The molecule has 19 aromatic carbocycles. The maximum absolute atomic E-state index is 6.54. The Morgan fingerprint density at radius 3 is 0.936 bits per heavy atom. The first kappa shape index (κ1) is 79.8. The Morgan fingerprint density at radius 2 is 0.504 bits per heavy atom. The Balaban J connectivity index is 0.0000000994. The average Bonchev–Trinajstić information content (AvgIpc) is 1.54. The first-order valence-electron chi connectivity index (χ1n) is 47.0. The molecule has 0 aliphatic carbocycles. The molecular weight excluding hydrogens is 1820 g/mol. The van der Waals surface area contributed by atoms with Gasteiger partial charge in [-0.1, -0.05) is 334 Å². The second-order valence-corrected chi connectivity index (χ2v) is 41.1. The number of para-hydroxylation sites is 4. The molecule has 0 spiro atoms. The van der Waals surface area contributed by atoms with Crippen molar-refractivity contribution in [1.82, 2.24) is 48.6 Å². The molecule has 0 saturated heterocycles. The zero-order chi connectivity index (χ0) is 92.2. The highest BCUT2D eigenvalue weighted by molar-refractivity contribution is 7.28. The van der Waals surface area contributed by atoms with E-state index in [1.54, 1.807) is 22.7 Å². The summed E-state index contributed by atoms with van der Waals surface area (Å²) in [5.41, 5.74) is 21.4. The molecule has 0 aliphatic heterocycles. The van der Waals surface area contributed by atoms with Gasteiger partial charge < -0.3 is 4.42 Å². The summed E-state index contributed by atoms with van der Waals surface area (Å²) >= 11 is 9.08. The molecule has 0 amide bonds. The van der Waals surface area contributed by atoms with Crippen molar-refractivity contribution in [3.05, 3.63) is 425 Å². The molecule has 0 atom stereocenters. The molecule has 0 aliphatic rings. The van der Waals surface area contributed by atoms with Crippen LogP contribution in [0, 0.1) is 0 Å². The van der Waals surface area contributed by atoms with Crippen molar-refractivity contribution >= 4 is 278 Å². The quantitative estimate of drug-likeness (QED) is 0.148. The number of aromatic nitrogens is 10. The number of pyridine rings is 1. The van der Waals surface area contributed by atoms with Gasteiger partial charge in [0.05, 0.1) is 79.0 Å². The molecule has 32 rings (SSSR count). The predicted molar refractivity (Wildman–Crippen MR) is 598 cm³/mol. The highest BCUT2D eigenvalue weighted by atomic mass is 32.1. The van der Waals surface area contributed by atoms with E-state index in [2.05, 4.69) is 401 Å². The summed E-state index contributed by atoms with van der Waals surface area (Å²) in [4.78, 5) is 37.0. The van der Waals surface area contributed by atoms with E-state index in [1.165, 1.54) is 157 Å². The van der Waals surface area contributed by atoms with Crippen molar-refractivity contribution in [3.63, 3.8) is 0 Å². The van der Waals surface area contributed by atoms with Crippen LogP contribution in [0.4, 0.5) is 0 Å². The lowest BCUT2D eigenvalue weighted by Crippen LogP contribution is -2.03. The lowest BCUT2D eigenvalue weighted by Gasteiger charge is -2.12. The lowest BCUT2D eigenvalue weighted by atomic mass is 9.99. The maximum atomic E-state index is 6.54. The van der Waals surface area contributed by atoms with E-state index in [0.717, 1.165) is 115 Å². The standard InChI is InChI=1S/C44H25N3OS.C44H25N3S2.C37H20N4S2/c1-2-12-26(13-3-1)27-22-24-28(25-23-27)39-42-40(32-17-7-10-20-35(32)48-42)46-44(45-39)47-34-19-9-6-16-31(34)37-29-14-4-5-15-30(29)38-33-18-8-11-21-36(33)49-43(38)41(37)47;1-2-13-26(14-3-1)27-15-12-16-28(25-27)39-43-40(33-21-8-11-24-36(33)49-43)46-44(45-39)47-34-22-9-6-19-31(34)37-29-17-4-5-18-30(29)38-32-20-7-10-23-35(32)48-42(38)41(37)47;1-2-12-23-22(11-1)30-24-13-3-6-16-27(24)41(34(30)35-31(23)25-14-4-7-17-28(25)42-35)37-39-32(21-10-9-19-38-20-21)36-33(40-37)26-15-5-8-18-29(26)43-36/h2*1-25H;1-20H. The minimum Gasteiger partial charge on any atom is -0.452 e. The number of thiophene rings is 5. The smallest absolute Gasteiger partial charge is 0.236 e. The number of hydrogen-bond donors (Lipinski definition) is 0. The third-order valence-electron chi connectivity index (χ3n) is 28.1. The predicted octanol–water partition coefficient (Wildman–Crippen LogP) is 35.6. The molecule has 0 unspecified atom stereocenters. The molecule has 0 radical (unpaired) electrons. The Labute approximate surface area is 822 Å². The molecule has 0 fully saturated rings. The molecule has 13 aromatic heterocycles. The number of furan rings is 1. The second-order valence-electron chi connectivity index (χ2n) is 35.8. The van der Waals surface area contributed by atoms with Crippen LogP contribution < -0.4 is 0 Å². The van der Waals surface area contributed by atoms with E-state index < -0.39 is 0 Å². The van der Waals surface area contributed by atoms with Crippen molar-refractivity contribution in [3.8, 4) is 73.9 Å². The van der Waals surface area contributed by atoms with Crippen molar-refractivity contribution in [2.24, 2.45) is 0 Å². The van der Waals surface area contributed by atoms with E-state index in [0.29, 0.717) is 23.4 Å². The van der Waals surface area contributed by atoms with Gasteiger partial charge in [-0.15, -0.1) is 56.7 Å². The molecule has 141 heavy (non-hydrogen) atoms. The van der Waals surface area contributed by atoms with E-state index in [4.69, 9.17) is 34.3 Å². The summed E-state index contributed by atoms with van der Waals surface area (Å²) in [5.74, 6) is 1.99. The summed E-state index contributed by atoms with van der Waals surface area (Å²) < 4.78 is 25.7. The molecule has 13 heterocycles. The Bertz CT molecular complexity index is 10900. The van der Waals surface area contributed by atoms with Crippen LogP contribution >= 0.6 is 56.7 Å². The normalized spacial score (nSPS) is 12.1. The van der Waals surface area contributed by atoms with E-state index >= 15 is 0 Å². The van der Waals surface area contributed by atoms with Crippen LogP contribution in [0.1, 0.15) is 0 Å². The van der Waals surface area contributed by atoms with Gasteiger partial charge in [-0.3, -0.25) is 18.7 Å². The average molecular weight is 1890 g/mol. The summed E-state index contributed by atoms with van der Waals surface area (Å²) in [6.07, 6.45) is 3.71. The minimum atomic E-state index is 0.626. The highest BCUT2D eigenvalue weighted by Gasteiger charge is 2.31. The molecule has 11 nitrogen and oxygen atoms in total. The van der Waals surface area contributed by atoms with Gasteiger partial charge in [-0.05, 0) is 133 Å². The first-order valence-corrected chi connectivity index (χ1v) is 51.1. The van der Waals surface area contributed by atoms with E-state index in [9.17, 15) is 0 Å². The van der Waals surface area contributed by atoms with Crippen LogP contribution in [-0.2, 0) is 0 Å². The zero-order valence-electron chi connectivity index (χ0n) is 74.8. The topological polar surface area (TPSA) is 118 Å². The van der Waals surface area contributed by atoms with E-state index in [1.807, 2.05) is 76.7 Å². The van der Waals surface area contributed by atoms with Gasteiger partial charge >= 0.3 is 0 Å². The third kappa shape index (κ3) is 12.2. The SMILES string of the molecule is c1ccc(-c2ccc(-c3nc(-n4c5ccccc5c5c6ccccc6c6c7ccccc7sc6c54)nc4c3oc3ccccc34)cc2)cc1.c1ccc(-c2cccc(-c3nc(-n4c5ccccc5c5c6ccccc6c6c7ccccc7sc6c54)nc4c3sc3ccccc34)c2)cc1.c1cncc(-c2nc(-n3c4ccccc4c4c5ccccc5c5c6ccccc6sc5c43)nc3c2sc2ccccc23)c1. The minimum absolute atomic E-state index is 0.626. The Kier molecular flexibility index (Phi) is 17.9. The van der Waals surface area contributed by atoms with Gasteiger partial charge in [0.15, 0.2) is 5.58 Å². The van der Waals surface area contributed by atoms with Crippen molar-refractivity contribution in [2.45, 2.75) is 0 Å². The van der Waals surface area contributed by atoms with Crippen LogP contribution in [0.3, 0.4) is 0 Å². The zero-order valence-corrected chi connectivity index (χ0v) is 78.9. The van der Waals surface area contributed by atoms with Crippen molar-refractivity contribution in [1.29, 1.82) is 0 Å². The molecule has 0 bridgehead atoms. The monoisotopic (exact) mass is 1890 g/mol. The van der Waals surface area contributed by atoms with Crippen LogP contribution in [0.2, 0.25) is 0 Å². The summed E-state index contributed by atoms with van der Waals surface area (Å²) in [7, 11) is 0. The first-order chi connectivity index (χ1) is 70.0. The fraction of sp³-hybridized carbons (Fsp3) is 0. The summed E-state index contributed by atoms with van der Waals surface area (Å²) in [6.45, 7) is 0. The van der Waals surface area contributed by atoms with Gasteiger partial charge in [-0.25, -0.2) is 29.9 Å². The highest BCUT2D eigenvalue weighted by Crippen LogP contribution is 2.54. The fourth-order valence-electron chi connectivity index (χ4n) is 22.1. The number of rotatable bonds is 8. The molecule has 0 N–H and O–H groups in total. The van der Waals surface area contributed by atoms with E-state index in [-0.39, 0.29) is 0 Å². The van der Waals surface area contributed by atoms with Gasteiger partial charge in [-0.2, -0.15) is 0 Å². The molecular formula is C125H70N10OS5. The third-order valence-corrected chi connectivity index (χ3v) is 34.0. The van der Waals surface area contributed by atoms with Crippen molar-refractivity contribution in [2.75, 3.05) is 0 Å². The number of benzene rings is 19. The van der Waals surface area contributed by atoms with Crippen LogP contribution in [-0.4, -0.2) is 48.6 Å². The van der Waals surface area contributed by atoms with Crippen LogP contribution in [0.25, 0.3) is 295 Å². The Morgan fingerprint density at radius 1 is 0.199 bits per heavy atom. The molecule has 656 valence electrons. The number of nitrogens with zero attached hydrogens (tertiary/aromatic N) is 10. The van der Waals surface area contributed by atoms with Gasteiger partial charge in [0, 0.05) is 133 Å². The maximum Gasteiger partial charge on any atom is 0.236 e. The van der Waals surface area contributed by atoms with Crippen molar-refractivity contribution < 1.29 is 4.42 Å². The Hall–Kier alpha value is -17.4. The van der Waals surface area contributed by atoms with Gasteiger partial charge in [0.2, 0.25) is 17.8 Å². The largest absolute Gasteiger partial charge is 0.452 e. The van der Waals surface area contributed by atoms with Crippen LogP contribution in [0.5, 0.6) is 0 Å². The second kappa shape index (κ2) is 31.6. The molecule has 32 aromatic rings. The molecule has 16 heteroatoms. The van der Waals surface area contributed by atoms with Gasteiger partial charge in [0.1, 0.15) is 16.8 Å². The number of fused-ring (bicyclic) bond motifs is 39. The van der Waals surface area contributed by atoms with Crippen LogP contribution in [0.15, 0.2) is 429 Å². The lowest BCUT2D eigenvalue weighted by molar-refractivity contribution is 0.666. The molecule has 0 saturated carbocycles. The number of hydrogen-bond acceptors (Lipinski definition) is 13. The summed E-state index contributed by atoms with van der Waals surface area (Å²) in [5, 5.41) is 25.9. The van der Waals surface area contributed by atoms with Gasteiger partial charge in [0.25, 0.3) is 0 Å².